The average Bonchev–Trinajstić information content (AvgIpc) is 3.81. The molecule has 5 amide bonds. The highest BCUT2D eigenvalue weighted by Crippen LogP contribution is 2.34. The molecule has 6 heterocycles. The lowest BCUT2D eigenvalue weighted by atomic mass is 9.89. The standard InChI is InChI=1S/C46H54N8O5/c47-43(56)38-5-1-3-34-29-53(49-42(34)38)35-8-6-32(7-9-35)33-4-2-20-51(28-33)24-17-30-14-21-50(22-15-30)23-16-31-18-25-52(26-19-31)36-10-11-37-39(27-36)46(59)54(45(37)58)40-12-13-41(55)48-44(40)57/h1,3,5-11,27,29-31,33,40H,2,4,12-26,28H2,(H2,47,56)(H,48,55,57)/t33-,40?/m1/s1. The first-order valence-corrected chi connectivity index (χ1v) is 21.6. The number of amides is 5. The van der Waals surface area contributed by atoms with Gasteiger partial charge in [-0.2, -0.15) is 5.10 Å². The molecule has 9 rings (SSSR count). The maximum Gasteiger partial charge on any atom is 0.262 e. The Morgan fingerprint density at radius 2 is 1.44 bits per heavy atom. The van der Waals surface area contributed by atoms with Crippen LogP contribution < -0.4 is 16.0 Å². The molecule has 5 aliphatic heterocycles. The van der Waals surface area contributed by atoms with E-state index in [0.717, 1.165) is 66.6 Å². The van der Waals surface area contributed by atoms with E-state index in [9.17, 15) is 24.0 Å². The Bertz CT molecular complexity index is 2250. The van der Waals surface area contributed by atoms with Gasteiger partial charge < -0.3 is 20.4 Å². The summed E-state index contributed by atoms with van der Waals surface area (Å²) < 4.78 is 1.83. The smallest absolute Gasteiger partial charge is 0.262 e. The van der Waals surface area contributed by atoms with Crippen molar-refractivity contribution in [2.75, 3.05) is 57.3 Å². The van der Waals surface area contributed by atoms with Gasteiger partial charge in [-0.05, 0) is 150 Å². The summed E-state index contributed by atoms with van der Waals surface area (Å²) in [5.41, 5.74) is 10.6. The molecule has 0 radical (unpaired) electrons. The number of likely N-dealkylation sites (tertiary alicyclic amines) is 2. The fraction of sp³-hybridized carbons (Fsp3) is 0.478. The quantitative estimate of drug-likeness (QED) is 0.197. The number of nitrogens with two attached hydrogens (primary N) is 1. The summed E-state index contributed by atoms with van der Waals surface area (Å²) in [4.78, 5) is 71.1. The number of nitrogens with one attached hydrogen (secondary N) is 1. The van der Waals surface area contributed by atoms with E-state index in [-0.39, 0.29) is 18.7 Å². The van der Waals surface area contributed by atoms with E-state index in [1.165, 1.54) is 70.3 Å². The zero-order valence-corrected chi connectivity index (χ0v) is 33.7. The van der Waals surface area contributed by atoms with E-state index in [1.54, 1.807) is 12.1 Å². The van der Waals surface area contributed by atoms with Gasteiger partial charge in [-0.1, -0.05) is 24.3 Å². The maximum absolute atomic E-state index is 13.3. The lowest BCUT2D eigenvalue weighted by Gasteiger charge is -2.37. The normalized spacial score (nSPS) is 22.6. The molecule has 0 saturated carbocycles. The molecule has 3 aromatic carbocycles. The molecular formula is C46H54N8O5. The van der Waals surface area contributed by atoms with Gasteiger partial charge in [0.05, 0.1) is 22.4 Å². The molecule has 4 saturated heterocycles. The van der Waals surface area contributed by atoms with Gasteiger partial charge in [-0.25, -0.2) is 4.68 Å². The van der Waals surface area contributed by atoms with Gasteiger partial charge in [0.25, 0.3) is 17.7 Å². The van der Waals surface area contributed by atoms with Crippen LogP contribution in [0.15, 0.2) is 66.9 Å². The number of nitrogens with zero attached hydrogens (tertiary/aromatic N) is 6. The van der Waals surface area contributed by atoms with E-state index in [2.05, 4.69) is 49.4 Å². The van der Waals surface area contributed by atoms with Gasteiger partial charge in [-0.3, -0.25) is 34.2 Å². The van der Waals surface area contributed by atoms with Crippen LogP contribution in [0.3, 0.4) is 0 Å². The highest BCUT2D eigenvalue weighted by molar-refractivity contribution is 6.23. The van der Waals surface area contributed by atoms with Crippen LogP contribution in [0, 0.1) is 11.8 Å². The molecular weight excluding hydrogens is 745 g/mol. The Hall–Kier alpha value is -5.40. The van der Waals surface area contributed by atoms with Crippen LogP contribution in [0.2, 0.25) is 0 Å². The van der Waals surface area contributed by atoms with E-state index >= 15 is 0 Å². The van der Waals surface area contributed by atoms with Gasteiger partial charge in [-0.15, -0.1) is 0 Å². The number of anilines is 1. The molecule has 4 fully saturated rings. The summed E-state index contributed by atoms with van der Waals surface area (Å²) in [5.74, 6) is -0.346. The van der Waals surface area contributed by atoms with Crippen molar-refractivity contribution < 1.29 is 24.0 Å². The highest BCUT2D eigenvalue weighted by atomic mass is 16.2. The minimum atomic E-state index is -0.949. The summed E-state index contributed by atoms with van der Waals surface area (Å²) in [5, 5.41) is 7.83. The number of primary amides is 1. The molecule has 0 aliphatic carbocycles. The molecule has 1 unspecified atom stereocenters. The second kappa shape index (κ2) is 16.7. The summed E-state index contributed by atoms with van der Waals surface area (Å²) in [6.07, 6.45) is 11.9. The van der Waals surface area contributed by atoms with Crippen LogP contribution >= 0.6 is 0 Å². The molecule has 308 valence electrons. The lowest BCUT2D eigenvalue weighted by molar-refractivity contribution is -0.136. The van der Waals surface area contributed by atoms with Gasteiger partial charge in [0.1, 0.15) is 11.6 Å². The maximum atomic E-state index is 13.3. The third-order valence-corrected chi connectivity index (χ3v) is 13.8. The second-order valence-electron chi connectivity index (χ2n) is 17.4. The number of piperidine rings is 4. The highest BCUT2D eigenvalue weighted by Gasteiger charge is 2.45. The summed E-state index contributed by atoms with van der Waals surface area (Å²) in [7, 11) is 0. The number of hydrogen-bond acceptors (Lipinski definition) is 9. The van der Waals surface area contributed by atoms with Crippen molar-refractivity contribution in [3.05, 3.63) is 89.1 Å². The molecule has 0 bridgehead atoms. The Balaban J connectivity index is 0.689. The van der Waals surface area contributed by atoms with Crippen LogP contribution in [0.4, 0.5) is 5.69 Å². The second-order valence-corrected chi connectivity index (χ2v) is 17.4. The van der Waals surface area contributed by atoms with Gasteiger partial charge in [0, 0.05) is 43.3 Å². The van der Waals surface area contributed by atoms with Crippen LogP contribution in [0.1, 0.15) is 107 Å². The topological polar surface area (TPSA) is 154 Å². The predicted octanol–water partition coefficient (Wildman–Crippen LogP) is 5.11. The third-order valence-electron chi connectivity index (χ3n) is 13.8. The van der Waals surface area contributed by atoms with Crippen LogP contribution in [0.25, 0.3) is 16.6 Å². The molecule has 59 heavy (non-hydrogen) atoms. The van der Waals surface area contributed by atoms with Crippen molar-refractivity contribution in [1.29, 1.82) is 0 Å². The summed E-state index contributed by atoms with van der Waals surface area (Å²) >= 11 is 0. The number of carbonyl (C=O) groups is 5. The number of aromatic nitrogens is 2. The SMILES string of the molecule is NC(=O)c1cccc2cn(-c3ccc([C@@H]4CCCN(CCC5CCN(CCC6CCN(c7ccc8c(c7)C(=O)N(C7CCC(=O)NC7=O)C8=O)CC6)CC5)C4)cc3)nc12. The van der Waals surface area contributed by atoms with Crippen LogP contribution in [-0.2, 0) is 9.59 Å². The third kappa shape index (κ3) is 8.14. The number of rotatable bonds is 11. The van der Waals surface area contributed by atoms with Crippen molar-refractivity contribution in [2.24, 2.45) is 17.6 Å². The molecule has 2 atom stereocenters. The lowest BCUT2D eigenvalue weighted by Crippen LogP contribution is -2.54. The average molecular weight is 799 g/mol. The number of imide groups is 2. The first kappa shape index (κ1) is 39.1. The van der Waals surface area contributed by atoms with Gasteiger partial charge in [0.2, 0.25) is 11.8 Å². The molecule has 4 aromatic rings. The fourth-order valence-corrected chi connectivity index (χ4v) is 10.2. The Kier molecular flexibility index (Phi) is 11.1. The number of hydrogen-bond donors (Lipinski definition) is 2. The molecule has 3 N–H and O–H groups in total. The molecule has 13 heteroatoms. The van der Waals surface area contributed by atoms with E-state index < -0.39 is 29.7 Å². The van der Waals surface area contributed by atoms with Crippen molar-refractivity contribution in [2.45, 2.75) is 76.2 Å². The van der Waals surface area contributed by atoms with Gasteiger partial charge in [0.15, 0.2) is 0 Å². The van der Waals surface area contributed by atoms with E-state index in [0.29, 0.717) is 34.0 Å². The van der Waals surface area contributed by atoms with Gasteiger partial charge >= 0.3 is 0 Å². The minimum Gasteiger partial charge on any atom is -0.371 e. The number of benzene rings is 3. The Morgan fingerprint density at radius 3 is 2.17 bits per heavy atom. The zero-order valence-electron chi connectivity index (χ0n) is 33.7. The summed E-state index contributed by atoms with van der Waals surface area (Å²) in [6.45, 7) is 8.82. The number of carbonyl (C=O) groups excluding carboxylic acids is 5. The molecule has 5 aliphatic rings. The van der Waals surface area contributed by atoms with Crippen molar-refractivity contribution >= 4 is 46.1 Å². The Morgan fingerprint density at radius 1 is 0.746 bits per heavy atom. The molecule has 13 nitrogen and oxygen atoms in total. The van der Waals surface area contributed by atoms with Crippen molar-refractivity contribution in [1.82, 2.24) is 29.8 Å². The molecule has 0 spiro atoms. The first-order chi connectivity index (χ1) is 28.7. The summed E-state index contributed by atoms with van der Waals surface area (Å²) in [6, 6.07) is 18.8. The Labute approximate surface area is 344 Å². The minimum absolute atomic E-state index is 0.110. The predicted molar refractivity (Wildman–Crippen MR) is 224 cm³/mol. The molecule has 1 aromatic heterocycles. The largest absolute Gasteiger partial charge is 0.371 e. The number of fused-ring (bicyclic) bond motifs is 2. The van der Waals surface area contributed by atoms with E-state index in [1.807, 2.05) is 35.1 Å². The zero-order chi connectivity index (χ0) is 40.6. The fourth-order valence-electron chi connectivity index (χ4n) is 10.2. The van der Waals surface area contributed by atoms with Crippen molar-refractivity contribution in [3.8, 4) is 5.69 Å². The monoisotopic (exact) mass is 798 g/mol. The van der Waals surface area contributed by atoms with E-state index in [4.69, 9.17) is 5.73 Å². The van der Waals surface area contributed by atoms with Crippen LogP contribution in [0.5, 0.6) is 0 Å². The first-order valence-electron chi connectivity index (χ1n) is 21.6. The van der Waals surface area contributed by atoms with Crippen molar-refractivity contribution in [3.63, 3.8) is 0 Å². The van der Waals surface area contributed by atoms with Crippen LogP contribution in [-0.4, -0.2) is 112 Å².